The second kappa shape index (κ2) is 5.51. The van der Waals surface area contributed by atoms with E-state index < -0.39 is 28.4 Å². The summed E-state index contributed by atoms with van der Waals surface area (Å²) in [7, 11) is 0. The molecule has 1 saturated heterocycles. The first kappa shape index (κ1) is 15.0. The van der Waals surface area contributed by atoms with Gasteiger partial charge in [-0.05, 0) is 18.6 Å². The van der Waals surface area contributed by atoms with Crippen LogP contribution in [0.25, 0.3) is 0 Å². The molecule has 0 aromatic heterocycles. The Hall–Kier alpha value is -2.44. The second-order valence-corrected chi connectivity index (χ2v) is 5.20. The fraction of sp³-hybridized carbons (Fsp3) is 0.429. The van der Waals surface area contributed by atoms with Gasteiger partial charge in [0.15, 0.2) is 0 Å². The lowest BCUT2D eigenvalue weighted by Gasteiger charge is -2.24. The number of esters is 2. The molecule has 2 atom stereocenters. The zero-order chi connectivity index (χ0) is 15.6. The topological polar surface area (TPSA) is 95.7 Å². The molecule has 0 amide bonds. The van der Waals surface area contributed by atoms with Gasteiger partial charge >= 0.3 is 11.9 Å². The Morgan fingerprint density at radius 1 is 1.48 bits per heavy atom. The Bertz CT molecular complexity index is 582. The maximum Gasteiger partial charge on any atom is 0.348 e. The first-order chi connectivity index (χ1) is 9.87. The van der Waals surface area contributed by atoms with E-state index >= 15 is 0 Å². The maximum absolute atomic E-state index is 12.0. The summed E-state index contributed by atoms with van der Waals surface area (Å²) in [5.74, 6) is -1.26. The SMILES string of the molecule is CC[C@]1(C)COC(=O)[C@@H]1OC(=O)c1ccc([N+](=O)[O-])cc1. The average Bonchev–Trinajstić information content (AvgIpc) is 2.76. The molecule has 0 bridgehead atoms. The lowest BCUT2D eigenvalue weighted by Crippen LogP contribution is -2.36. The standard InChI is InChI=1S/C14H15NO6/c1-3-14(2)8-20-13(17)11(14)21-12(16)9-4-6-10(7-5-9)15(18)19/h4-7,11H,3,8H2,1-2H3/t11-,14+/m0/s1. The molecule has 0 spiro atoms. The van der Waals surface area contributed by atoms with Gasteiger partial charge in [-0.1, -0.05) is 13.8 Å². The molecule has 1 heterocycles. The summed E-state index contributed by atoms with van der Waals surface area (Å²) >= 11 is 0. The summed E-state index contributed by atoms with van der Waals surface area (Å²) in [6.07, 6.45) is -0.332. The van der Waals surface area contributed by atoms with Crippen molar-refractivity contribution in [3.05, 3.63) is 39.9 Å². The van der Waals surface area contributed by atoms with Gasteiger partial charge in [0.05, 0.1) is 10.5 Å². The highest BCUT2D eigenvalue weighted by Gasteiger charge is 2.48. The molecule has 0 unspecified atom stereocenters. The van der Waals surface area contributed by atoms with Crippen molar-refractivity contribution in [3.8, 4) is 0 Å². The fourth-order valence-corrected chi connectivity index (χ4v) is 2.04. The van der Waals surface area contributed by atoms with E-state index in [0.29, 0.717) is 6.42 Å². The van der Waals surface area contributed by atoms with Crippen molar-refractivity contribution in [1.29, 1.82) is 0 Å². The van der Waals surface area contributed by atoms with E-state index in [0.717, 1.165) is 0 Å². The lowest BCUT2D eigenvalue weighted by molar-refractivity contribution is -0.384. The molecule has 1 aliphatic heterocycles. The van der Waals surface area contributed by atoms with E-state index in [4.69, 9.17) is 9.47 Å². The molecular weight excluding hydrogens is 278 g/mol. The van der Waals surface area contributed by atoms with Gasteiger partial charge in [-0.2, -0.15) is 0 Å². The molecule has 21 heavy (non-hydrogen) atoms. The number of benzene rings is 1. The average molecular weight is 293 g/mol. The zero-order valence-corrected chi connectivity index (χ0v) is 11.7. The molecule has 1 fully saturated rings. The number of carbonyl (C=O) groups is 2. The first-order valence-corrected chi connectivity index (χ1v) is 6.49. The largest absolute Gasteiger partial charge is 0.462 e. The van der Waals surface area contributed by atoms with Gasteiger partial charge in [-0.25, -0.2) is 9.59 Å². The monoisotopic (exact) mass is 293 g/mol. The highest BCUT2D eigenvalue weighted by Crippen LogP contribution is 2.35. The summed E-state index contributed by atoms with van der Waals surface area (Å²) in [6.45, 7) is 3.90. The summed E-state index contributed by atoms with van der Waals surface area (Å²) in [6, 6.07) is 5.01. The molecule has 7 nitrogen and oxygen atoms in total. The molecule has 1 aromatic rings. The van der Waals surface area contributed by atoms with Gasteiger partial charge in [0.2, 0.25) is 6.10 Å². The molecule has 0 saturated carbocycles. The minimum atomic E-state index is -0.954. The van der Waals surface area contributed by atoms with E-state index in [2.05, 4.69) is 0 Å². The number of hydrogen-bond acceptors (Lipinski definition) is 6. The number of ether oxygens (including phenoxy) is 2. The Labute approximate surface area is 121 Å². The number of hydrogen-bond donors (Lipinski definition) is 0. The number of carbonyl (C=O) groups excluding carboxylic acids is 2. The predicted molar refractivity (Wildman–Crippen MR) is 71.7 cm³/mol. The zero-order valence-electron chi connectivity index (χ0n) is 11.7. The number of nitro groups is 1. The third-order valence-corrected chi connectivity index (χ3v) is 3.74. The van der Waals surface area contributed by atoms with Crippen molar-refractivity contribution in [1.82, 2.24) is 0 Å². The van der Waals surface area contributed by atoms with Crippen molar-refractivity contribution in [2.75, 3.05) is 6.61 Å². The minimum Gasteiger partial charge on any atom is -0.462 e. The van der Waals surface area contributed by atoms with Crippen LogP contribution in [0.3, 0.4) is 0 Å². The molecule has 7 heteroatoms. The molecule has 0 aliphatic carbocycles. The Morgan fingerprint density at radius 3 is 2.62 bits per heavy atom. The highest BCUT2D eigenvalue weighted by atomic mass is 16.6. The predicted octanol–water partition coefficient (Wildman–Crippen LogP) is 2.09. The number of non-ortho nitro benzene ring substituents is 1. The molecule has 1 aromatic carbocycles. The number of cyclic esters (lactones) is 1. The van der Waals surface area contributed by atoms with Crippen molar-refractivity contribution in [3.63, 3.8) is 0 Å². The fourth-order valence-electron chi connectivity index (χ4n) is 2.04. The van der Waals surface area contributed by atoms with Crippen LogP contribution in [-0.2, 0) is 14.3 Å². The number of rotatable bonds is 4. The maximum atomic E-state index is 12.0. The highest BCUT2D eigenvalue weighted by molar-refractivity contribution is 5.92. The molecule has 1 aliphatic rings. The van der Waals surface area contributed by atoms with Gasteiger partial charge in [-0.3, -0.25) is 10.1 Å². The van der Waals surface area contributed by atoms with E-state index in [9.17, 15) is 19.7 Å². The Morgan fingerprint density at radius 2 is 2.10 bits per heavy atom. The van der Waals surface area contributed by atoms with Crippen LogP contribution in [0.5, 0.6) is 0 Å². The van der Waals surface area contributed by atoms with Crippen molar-refractivity contribution in [2.45, 2.75) is 26.4 Å². The third kappa shape index (κ3) is 2.86. The quantitative estimate of drug-likeness (QED) is 0.479. The van der Waals surface area contributed by atoms with Crippen LogP contribution in [0, 0.1) is 15.5 Å². The molecule has 0 N–H and O–H groups in total. The van der Waals surface area contributed by atoms with Gasteiger partial charge in [0.1, 0.15) is 6.61 Å². The van der Waals surface area contributed by atoms with E-state index in [-0.39, 0.29) is 17.9 Å². The first-order valence-electron chi connectivity index (χ1n) is 6.49. The van der Waals surface area contributed by atoms with E-state index in [1.54, 1.807) is 0 Å². The molecular formula is C14H15NO6. The normalized spacial score (nSPS) is 24.5. The van der Waals surface area contributed by atoms with Gasteiger partial charge in [0, 0.05) is 17.5 Å². The molecule has 0 radical (unpaired) electrons. The van der Waals surface area contributed by atoms with Crippen molar-refractivity contribution < 1.29 is 24.0 Å². The van der Waals surface area contributed by atoms with Gasteiger partial charge < -0.3 is 9.47 Å². The van der Waals surface area contributed by atoms with Crippen LogP contribution < -0.4 is 0 Å². The van der Waals surface area contributed by atoms with Crippen LogP contribution in [0.1, 0.15) is 30.6 Å². The van der Waals surface area contributed by atoms with E-state index in [1.807, 2.05) is 13.8 Å². The molecule has 112 valence electrons. The van der Waals surface area contributed by atoms with Gasteiger partial charge in [0.25, 0.3) is 5.69 Å². The minimum absolute atomic E-state index is 0.120. The summed E-state index contributed by atoms with van der Waals surface area (Å²) < 4.78 is 10.2. The number of nitro benzene ring substituents is 1. The second-order valence-electron chi connectivity index (χ2n) is 5.20. The van der Waals surface area contributed by atoms with E-state index in [1.165, 1.54) is 24.3 Å². The van der Waals surface area contributed by atoms with Crippen LogP contribution in [0.15, 0.2) is 24.3 Å². The molecule has 2 rings (SSSR count). The van der Waals surface area contributed by atoms with Crippen LogP contribution in [0.2, 0.25) is 0 Å². The Kier molecular flexibility index (Phi) is 3.93. The third-order valence-electron chi connectivity index (χ3n) is 3.74. The van der Waals surface area contributed by atoms with Crippen LogP contribution in [0.4, 0.5) is 5.69 Å². The summed E-state index contributed by atoms with van der Waals surface area (Å²) in [4.78, 5) is 33.7. The lowest BCUT2D eigenvalue weighted by atomic mass is 9.84. The van der Waals surface area contributed by atoms with Gasteiger partial charge in [-0.15, -0.1) is 0 Å². The Balaban J connectivity index is 2.14. The smallest absolute Gasteiger partial charge is 0.348 e. The summed E-state index contributed by atoms with van der Waals surface area (Å²) in [5.41, 5.74) is -0.517. The number of nitrogens with zero attached hydrogens (tertiary/aromatic N) is 1. The van der Waals surface area contributed by atoms with Crippen LogP contribution in [-0.4, -0.2) is 29.6 Å². The van der Waals surface area contributed by atoms with Crippen LogP contribution >= 0.6 is 0 Å². The summed E-state index contributed by atoms with van der Waals surface area (Å²) in [5, 5.41) is 10.6. The van der Waals surface area contributed by atoms with Crippen molar-refractivity contribution in [2.24, 2.45) is 5.41 Å². The van der Waals surface area contributed by atoms with Crippen molar-refractivity contribution >= 4 is 17.6 Å².